The van der Waals surface area contributed by atoms with E-state index in [1.807, 2.05) is 12.1 Å². The second-order valence-electron chi connectivity index (χ2n) is 6.21. The first kappa shape index (κ1) is 15.8. The Morgan fingerprint density at radius 1 is 1.17 bits per heavy atom. The smallest absolute Gasteiger partial charge is 0.152 e. The molecule has 1 aliphatic rings. The van der Waals surface area contributed by atoms with Crippen LogP contribution in [0.25, 0.3) is 11.0 Å². The van der Waals surface area contributed by atoms with Crippen molar-refractivity contribution >= 4 is 27.0 Å². The van der Waals surface area contributed by atoms with Crippen LogP contribution in [0, 0.1) is 11.7 Å². The minimum absolute atomic E-state index is 0.133. The first-order valence-corrected chi connectivity index (χ1v) is 8.97. The van der Waals surface area contributed by atoms with Crippen LogP contribution in [-0.4, -0.2) is 22.8 Å². The Morgan fingerprint density at radius 2 is 1.92 bits per heavy atom. The summed E-state index contributed by atoms with van der Waals surface area (Å²) in [7, 11) is 0. The van der Waals surface area contributed by atoms with Crippen LogP contribution in [0.2, 0.25) is 0 Å². The fourth-order valence-electron chi connectivity index (χ4n) is 3.62. The topological polar surface area (TPSA) is 27.1 Å². The van der Waals surface area contributed by atoms with Crippen LogP contribution in [-0.2, 0) is 4.74 Å². The lowest BCUT2D eigenvalue weighted by Gasteiger charge is -2.32. The second kappa shape index (κ2) is 6.65. The molecule has 0 saturated carbocycles. The molecule has 0 amide bonds. The highest BCUT2D eigenvalue weighted by molar-refractivity contribution is 9.10. The highest BCUT2D eigenvalue weighted by atomic mass is 79.9. The van der Waals surface area contributed by atoms with Crippen molar-refractivity contribution in [3.8, 4) is 0 Å². The summed E-state index contributed by atoms with van der Waals surface area (Å²) < 4.78 is 22.6. The van der Waals surface area contributed by atoms with Crippen molar-refractivity contribution in [3.05, 3.63) is 64.6 Å². The van der Waals surface area contributed by atoms with Gasteiger partial charge in [0, 0.05) is 17.7 Å². The summed E-state index contributed by atoms with van der Waals surface area (Å²) in [6.45, 7) is 1.55. The molecule has 1 saturated heterocycles. The van der Waals surface area contributed by atoms with Gasteiger partial charge >= 0.3 is 0 Å². The van der Waals surface area contributed by atoms with Gasteiger partial charge in [0.25, 0.3) is 0 Å². The Balaban J connectivity index is 1.87. The molecule has 2 aromatic carbocycles. The fourth-order valence-corrected chi connectivity index (χ4v) is 4.04. The number of hydrogen-bond donors (Lipinski definition) is 0. The van der Waals surface area contributed by atoms with Crippen molar-refractivity contribution in [2.24, 2.45) is 5.92 Å². The van der Waals surface area contributed by atoms with Crippen molar-refractivity contribution in [1.29, 1.82) is 0 Å². The number of nitrogens with zero attached hydrogens (tertiary/aromatic N) is 2. The number of imidazole rings is 1. The molecule has 1 unspecified atom stereocenters. The third kappa shape index (κ3) is 2.87. The van der Waals surface area contributed by atoms with Crippen LogP contribution in [0.4, 0.5) is 4.39 Å². The molecule has 1 aliphatic heterocycles. The maximum absolute atomic E-state index is 14.2. The summed E-state index contributed by atoms with van der Waals surface area (Å²) in [5.74, 6) is 0.150. The molecule has 0 spiro atoms. The third-order valence-corrected chi connectivity index (χ3v) is 5.21. The van der Waals surface area contributed by atoms with Gasteiger partial charge in [0.1, 0.15) is 5.52 Å². The van der Waals surface area contributed by atoms with Crippen molar-refractivity contribution in [2.45, 2.75) is 18.9 Å². The molecule has 0 bridgehead atoms. The summed E-state index contributed by atoms with van der Waals surface area (Å²) in [5, 5.41) is 0. The molecule has 2 heterocycles. The minimum atomic E-state index is -0.295. The lowest BCUT2D eigenvalue weighted by Crippen LogP contribution is -2.26. The summed E-state index contributed by atoms with van der Waals surface area (Å²) in [6.07, 6.45) is 3.76. The fraction of sp³-hybridized carbons (Fsp3) is 0.316. The number of ether oxygens (including phenoxy) is 1. The van der Waals surface area contributed by atoms with E-state index in [0.717, 1.165) is 36.0 Å². The molecule has 1 fully saturated rings. The molecule has 24 heavy (non-hydrogen) atoms. The molecular formula is C19H18BrFN2O. The van der Waals surface area contributed by atoms with Crippen molar-refractivity contribution < 1.29 is 9.13 Å². The molecule has 1 atom stereocenters. The Morgan fingerprint density at radius 3 is 2.67 bits per heavy atom. The largest absolute Gasteiger partial charge is 0.381 e. The van der Waals surface area contributed by atoms with E-state index in [1.54, 1.807) is 6.33 Å². The van der Waals surface area contributed by atoms with E-state index in [4.69, 9.17) is 4.74 Å². The predicted molar refractivity (Wildman–Crippen MR) is 95.5 cm³/mol. The Labute approximate surface area is 148 Å². The van der Waals surface area contributed by atoms with E-state index in [-0.39, 0.29) is 11.9 Å². The van der Waals surface area contributed by atoms with Crippen molar-refractivity contribution in [2.75, 3.05) is 13.2 Å². The lowest BCUT2D eigenvalue weighted by molar-refractivity contribution is 0.0547. The Kier molecular flexibility index (Phi) is 4.37. The average molecular weight is 389 g/mol. The van der Waals surface area contributed by atoms with Gasteiger partial charge in [-0.05, 0) is 36.5 Å². The molecule has 5 heteroatoms. The van der Waals surface area contributed by atoms with E-state index in [0.29, 0.717) is 11.4 Å². The predicted octanol–water partition coefficient (Wildman–Crippen LogP) is 4.95. The van der Waals surface area contributed by atoms with Gasteiger partial charge in [-0.1, -0.05) is 46.3 Å². The van der Waals surface area contributed by atoms with E-state index in [2.05, 4.69) is 49.7 Å². The SMILES string of the molecule is Fc1cc(Br)cc2c1ncn2C(c1ccccc1)C1CCOCC1. The van der Waals surface area contributed by atoms with Crippen LogP contribution in [0.15, 0.2) is 53.3 Å². The van der Waals surface area contributed by atoms with Crippen LogP contribution in [0.5, 0.6) is 0 Å². The number of benzene rings is 2. The lowest BCUT2D eigenvalue weighted by atomic mass is 9.87. The monoisotopic (exact) mass is 388 g/mol. The van der Waals surface area contributed by atoms with Gasteiger partial charge < -0.3 is 9.30 Å². The van der Waals surface area contributed by atoms with Crippen LogP contribution < -0.4 is 0 Å². The van der Waals surface area contributed by atoms with Gasteiger partial charge in [-0.25, -0.2) is 9.37 Å². The van der Waals surface area contributed by atoms with E-state index in [9.17, 15) is 4.39 Å². The summed E-state index contributed by atoms with van der Waals surface area (Å²) in [5.41, 5.74) is 2.47. The third-order valence-electron chi connectivity index (χ3n) is 4.75. The normalized spacial score (nSPS) is 17.2. The van der Waals surface area contributed by atoms with Gasteiger partial charge in [-0.3, -0.25) is 0 Å². The van der Waals surface area contributed by atoms with Crippen LogP contribution in [0.3, 0.4) is 0 Å². The molecular weight excluding hydrogens is 371 g/mol. The van der Waals surface area contributed by atoms with Gasteiger partial charge in [-0.2, -0.15) is 0 Å². The average Bonchev–Trinajstić information content (AvgIpc) is 3.01. The van der Waals surface area contributed by atoms with Crippen LogP contribution >= 0.6 is 15.9 Å². The number of rotatable bonds is 3. The molecule has 3 aromatic rings. The molecule has 4 rings (SSSR count). The van der Waals surface area contributed by atoms with Crippen molar-refractivity contribution in [1.82, 2.24) is 9.55 Å². The van der Waals surface area contributed by atoms with Crippen molar-refractivity contribution in [3.63, 3.8) is 0 Å². The first-order valence-electron chi connectivity index (χ1n) is 8.18. The maximum Gasteiger partial charge on any atom is 0.152 e. The molecule has 0 aliphatic carbocycles. The first-order chi connectivity index (χ1) is 11.7. The van der Waals surface area contributed by atoms with E-state index >= 15 is 0 Å². The molecule has 0 radical (unpaired) electrons. The number of aromatic nitrogens is 2. The van der Waals surface area contributed by atoms with Gasteiger partial charge in [0.05, 0.1) is 17.9 Å². The highest BCUT2D eigenvalue weighted by Gasteiger charge is 2.28. The Bertz CT molecular complexity index is 843. The summed E-state index contributed by atoms with van der Waals surface area (Å²) >= 11 is 3.40. The molecule has 124 valence electrons. The quantitative estimate of drug-likeness (QED) is 0.634. The zero-order valence-corrected chi connectivity index (χ0v) is 14.7. The van der Waals surface area contributed by atoms with E-state index in [1.165, 1.54) is 11.6 Å². The maximum atomic E-state index is 14.2. The number of fused-ring (bicyclic) bond motifs is 1. The summed E-state index contributed by atoms with van der Waals surface area (Å²) in [6, 6.07) is 13.9. The minimum Gasteiger partial charge on any atom is -0.381 e. The zero-order chi connectivity index (χ0) is 16.5. The van der Waals surface area contributed by atoms with Gasteiger partial charge in [-0.15, -0.1) is 0 Å². The van der Waals surface area contributed by atoms with E-state index < -0.39 is 0 Å². The zero-order valence-electron chi connectivity index (χ0n) is 13.2. The van der Waals surface area contributed by atoms with Gasteiger partial charge in [0.15, 0.2) is 5.82 Å². The highest BCUT2D eigenvalue weighted by Crippen LogP contribution is 2.36. The number of halogens is 2. The van der Waals surface area contributed by atoms with Gasteiger partial charge in [0.2, 0.25) is 0 Å². The Hall–Kier alpha value is -1.72. The molecule has 1 aromatic heterocycles. The van der Waals surface area contributed by atoms with Crippen LogP contribution in [0.1, 0.15) is 24.4 Å². The second-order valence-corrected chi connectivity index (χ2v) is 7.13. The standard InChI is InChI=1S/C19H18BrFN2O/c20-15-10-16(21)18-17(11-15)23(12-22-18)19(13-4-2-1-3-5-13)14-6-8-24-9-7-14/h1-5,10-12,14,19H,6-9H2. The summed E-state index contributed by atoms with van der Waals surface area (Å²) in [4.78, 5) is 4.34. The molecule has 3 nitrogen and oxygen atoms in total. The number of hydrogen-bond acceptors (Lipinski definition) is 2. The molecule has 0 N–H and O–H groups in total.